The number of carbonyl (C=O) groups excluding carboxylic acids is 2. The van der Waals surface area contributed by atoms with Crippen LogP contribution in [0.15, 0.2) is 46.1 Å². The number of ether oxygens (including phenoxy) is 2. The fourth-order valence-electron chi connectivity index (χ4n) is 3.59. The summed E-state index contributed by atoms with van der Waals surface area (Å²) in [6.07, 6.45) is -5.02. The number of aliphatic hydroxyl groups is 2. The van der Waals surface area contributed by atoms with Gasteiger partial charge in [0.05, 0.1) is 11.0 Å². The molecule has 1 aliphatic heterocycles. The summed E-state index contributed by atoms with van der Waals surface area (Å²) in [6, 6.07) is 3.78. The van der Waals surface area contributed by atoms with E-state index in [9.17, 15) is 39.5 Å². The van der Waals surface area contributed by atoms with Crippen molar-refractivity contribution in [2.24, 2.45) is 0 Å². The molecule has 0 radical (unpaired) electrons. The Kier molecular flexibility index (Phi) is 8.10. The van der Waals surface area contributed by atoms with E-state index >= 15 is 0 Å². The van der Waals surface area contributed by atoms with E-state index in [0.717, 1.165) is 16.8 Å². The molecule has 0 bridgehead atoms. The van der Waals surface area contributed by atoms with Gasteiger partial charge in [-0.3, -0.25) is 24.5 Å². The maximum atomic E-state index is 12.9. The monoisotopic (exact) mass is 521 g/mol. The SMILES string of the molecule is CC(C)(C)OC(=O)[C@H](C[C@H]1O[C@@H](n2ccc(=O)[nH]c2=O)[C@H](O)[C@@H]1O)NC(=O)Nc1ccc([N+](=O)[O-])cc1. The fraction of sp³-hybridized carbons (Fsp3) is 0.455. The number of aromatic nitrogens is 2. The summed E-state index contributed by atoms with van der Waals surface area (Å²) < 4.78 is 11.9. The molecule has 0 unspecified atom stereocenters. The van der Waals surface area contributed by atoms with Crippen LogP contribution in [-0.2, 0) is 14.3 Å². The van der Waals surface area contributed by atoms with Crippen LogP contribution < -0.4 is 21.9 Å². The van der Waals surface area contributed by atoms with Gasteiger partial charge in [-0.15, -0.1) is 0 Å². The molecule has 37 heavy (non-hydrogen) atoms. The normalized spacial score (nSPS) is 22.2. The molecule has 5 N–H and O–H groups in total. The molecule has 2 amide bonds. The highest BCUT2D eigenvalue weighted by Crippen LogP contribution is 2.31. The predicted molar refractivity (Wildman–Crippen MR) is 127 cm³/mol. The molecule has 0 aliphatic carbocycles. The van der Waals surface area contributed by atoms with E-state index in [1.807, 2.05) is 4.98 Å². The van der Waals surface area contributed by atoms with E-state index in [-0.39, 0.29) is 17.8 Å². The predicted octanol–water partition coefficient (Wildman–Crippen LogP) is -0.0139. The molecule has 1 saturated heterocycles. The Balaban J connectivity index is 1.76. The maximum Gasteiger partial charge on any atom is 0.330 e. The molecule has 1 fully saturated rings. The van der Waals surface area contributed by atoms with E-state index in [1.54, 1.807) is 20.8 Å². The number of carbonyl (C=O) groups is 2. The number of urea groups is 1. The van der Waals surface area contributed by atoms with Gasteiger partial charge in [0.1, 0.15) is 23.9 Å². The smallest absolute Gasteiger partial charge is 0.330 e. The lowest BCUT2D eigenvalue weighted by Crippen LogP contribution is -2.48. The van der Waals surface area contributed by atoms with Gasteiger partial charge in [0.2, 0.25) is 0 Å². The van der Waals surface area contributed by atoms with E-state index < -0.39 is 64.4 Å². The van der Waals surface area contributed by atoms with Crippen molar-refractivity contribution in [1.29, 1.82) is 0 Å². The molecule has 15 nitrogen and oxygen atoms in total. The highest BCUT2D eigenvalue weighted by atomic mass is 16.6. The van der Waals surface area contributed by atoms with Gasteiger partial charge in [0, 0.05) is 36.5 Å². The zero-order valence-electron chi connectivity index (χ0n) is 20.1. The van der Waals surface area contributed by atoms with Crippen LogP contribution in [0.4, 0.5) is 16.2 Å². The van der Waals surface area contributed by atoms with Crippen molar-refractivity contribution >= 4 is 23.4 Å². The Morgan fingerprint density at radius 3 is 2.41 bits per heavy atom. The van der Waals surface area contributed by atoms with Crippen LogP contribution >= 0.6 is 0 Å². The summed E-state index contributed by atoms with van der Waals surface area (Å²) in [4.78, 5) is 61.1. The van der Waals surface area contributed by atoms with Crippen LogP contribution in [0.2, 0.25) is 0 Å². The topological polar surface area (TPSA) is 215 Å². The van der Waals surface area contributed by atoms with Crippen molar-refractivity contribution in [3.8, 4) is 0 Å². The first-order chi connectivity index (χ1) is 17.2. The number of benzene rings is 1. The average Bonchev–Trinajstić information content (AvgIpc) is 3.06. The molecule has 1 aromatic carbocycles. The molecular formula is C22H27N5O10. The van der Waals surface area contributed by atoms with E-state index in [4.69, 9.17) is 9.47 Å². The first kappa shape index (κ1) is 27.5. The van der Waals surface area contributed by atoms with Crippen LogP contribution in [0, 0.1) is 10.1 Å². The molecule has 200 valence electrons. The van der Waals surface area contributed by atoms with Crippen LogP contribution in [-0.4, -0.2) is 66.6 Å². The first-order valence-electron chi connectivity index (χ1n) is 11.1. The highest BCUT2D eigenvalue weighted by molar-refractivity contribution is 5.92. The third-order valence-electron chi connectivity index (χ3n) is 5.26. The van der Waals surface area contributed by atoms with Crippen molar-refractivity contribution in [3.05, 3.63) is 67.5 Å². The lowest BCUT2D eigenvalue weighted by atomic mass is 10.0. The third kappa shape index (κ3) is 6.99. The summed E-state index contributed by atoms with van der Waals surface area (Å²) in [5.41, 5.74) is -2.45. The third-order valence-corrected chi connectivity index (χ3v) is 5.26. The first-order valence-corrected chi connectivity index (χ1v) is 11.1. The average molecular weight is 521 g/mol. The van der Waals surface area contributed by atoms with Crippen molar-refractivity contribution in [3.63, 3.8) is 0 Å². The number of aliphatic hydroxyl groups excluding tert-OH is 2. The zero-order valence-corrected chi connectivity index (χ0v) is 20.1. The molecule has 0 spiro atoms. The second-order valence-corrected chi connectivity index (χ2v) is 9.29. The number of nitrogens with one attached hydrogen (secondary N) is 3. The second-order valence-electron chi connectivity index (χ2n) is 9.29. The second kappa shape index (κ2) is 10.9. The van der Waals surface area contributed by atoms with Gasteiger partial charge in [-0.2, -0.15) is 0 Å². The lowest BCUT2D eigenvalue weighted by Gasteiger charge is -2.26. The van der Waals surface area contributed by atoms with Crippen molar-refractivity contribution < 1.29 is 34.2 Å². The van der Waals surface area contributed by atoms with E-state index in [1.165, 1.54) is 24.3 Å². The summed E-state index contributed by atoms with van der Waals surface area (Å²) in [6.45, 7) is 4.84. The quantitative estimate of drug-likeness (QED) is 0.186. The fourth-order valence-corrected chi connectivity index (χ4v) is 3.59. The largest absolute Gasteiger partial charge is 0.458 e. The van der Waals surface area contributed by atoms with E-state index in [0.29, 0.717) is 0 Å². The number of non-ortho nitro benzene ring substituents is 1. The Bertz CT molecular complexity index is 1270. The number of rotatable bonds is 7. The number of hydrogen-bond acceptors (Lipinski definition) is 10. The number of aromatic amines is 1. The van der Waals surface area contributed by atoms with Gasteiger partial charge in [-0.25, -0.2) is 14.4 Å². The molecule has 0 saturated carbocycles. The lowest BCUT2D eigenvalue weighted by molar-refractivity contribution is -0.384. The molecule has 1 aliphatic rings. The van der Waals surface area contributed by atoms with Crippen LogP contribution in [0.25, 0.3) is 0 Å². The number of nitrogens with zero attached hydrogens (tertiary/aromatic N) is 2. The Morgan fingerprint density at radius 1 is 1.19 bits per heavy atom. The molecule has 3 rings (SSSR count). The minimum absolute atomic E-state index is 0.181. The molecule has 1 aromatic heterocycles. The summed E-state index contributed by atoms with van der Waals surface area (Å²) >= 11 is 0. The number of nitro groups is 1. The molecule has 5 atom stereocenters. The van der Waals surface area contributed by atoms with Crippen molar-refractivity contribution in [2.45, 2.75) is 63.4 Å². The van der Waals surface area contributed by atoms with Crippen LogP contribution in [0.1, 0.15) is 33.4 Å². The van der Waals surface area contributed by atoms with E-state index in [2.05, 4.69) is 10.6 Å². The van der Waals surface area contributed by atoms with Crippen molar-refractivity contribution in [2.75, 3.05) is 5.32 Å². The van der Waals surface area contributed by atoms with Crippen molar-refractivity contribution in [1.82, 2.24) is 14.9 Å². The van der Waals surface area contributed by atoms with Gasteiger partial charge < -0.3 is 30.3 Å². The molecule has 2 aromatic rings. The number of nitro benzene ring substituents is 1. The number of amides is 2. The van der Waals surface area contributed by atoms with Gasteiger partial charge in [-0.1, -0.05) is 0 Å². The van der Waals surface area contributed by atoms with Gasteiger partial charge >= 0.3 is 17.7 Å². The van der Waals surface area contributed by atoms with Crippen LogP contribution in [0.3, 0.4) is 0 Å². The Labute approximate surface area is 209 Å². The number of anilines is 1. The molecular weight excluding hydrogens is 494 g/mol. The van der Waals surface area contributed by atoms with Crippen LogP contribution in [0.5, 0.6) is 0 Å². The highest BCUT2D eigenvalue weighted by Gasteiger charge is 2.46. The number of H-pyrrole nitrogens is 1. The van der Waals surface area contributed by atoms with Gasteiger partial charge in [-0.05, 0) is 32.9 Å². The Morgan fingerprint density at radius 2 is 1.84 bits per heavy atom. The zero-order chi connectivity index (χ0) is 27.5. The summed E-state index contributed by atoms with van der Waals surface area (Å²) in [5.74, 6) is -0.860. The maximum absolute atomic E-state index is 12.9. The minimum atomic E-state index is -1.60. The summed E-state index contributed by atoms with van der Waals surface area (Å²) in [7, 11) is 0. The minimum Gasteiger partial charge on any atom is -0.458 e. The van der Waals surface area contributed by atoms with Gasteiger partial charge in [0.15, 0.2) is 6.23 Å². The summed E-state index contributed by atoms with van der Waals surface area (Å²) in [5, 5.41) is 36.7. The Hall–Kier alpha value is -4.08. The standard InChI is InChI=1S/C22H27N5O10/c1-22(2,3)37-19(31)13(24-20(32)23-11-4-6-12(7-5-11)27(34)35)10-14-16(29)17(30)18(36-14)26-9-8-15(28)25-21(26)33/h4-9,13-14,16-18,29-30H,10H2,1-3H3,(H2,23,24,32)(H,25,28,33)/t13-,14+,16+,17+,18+/m0/s1. The van der Waals surface area contributed by atoms with Gasteiger partial charge in [0.25, 0.3) is 11.2 Å². The number of esters is 1. The molecule has 2 heterocycles. The molecule has 15 heteroatoms. The number of hydrogen-bond donors (Lipinski definition) is 5.